The molecule has 1 saturated carbocycles. The van der Waals surface area contributed by atoms with E-state index in [1.165, 1.54) is 30.4 Å². The van der Waals surface area contributed by atoms with Gasteiger partial charge in [-0.25, -0.2) is 0 Å². The molecule has 0 heterocycles. The Kier molecular flexibility index (Phi) is 4.53. The molecule has 0 aliphatic heterocycles. The molecule has 120 valence electrons. The SMILES string of the molecule is CN(C(=O)CC1(CN)CCCCC1)C1Cc2ccccc2C1. The Hall–Kier alpha value is -1.35. The van der Waals surface area contributed by atoms with Gasteiger partial charge in [0.2, 0.25) is 5.91 Å². The van der Waals surface area contributed by atoms with E-state index in [9.17, 15) is 4.79 Å². The lowest BCUT2D eigenvalue weighted by Gasteiger charge is -2.37. The van der Waals surface area contributed by atoms with Gasteiger partial charge in [-0.1, -0.05) is 43.5 Å². The van der Waals surface area contributed by atoms with Gasteiger partial charge in [-0.05, 0) is 48.8 Å². The number of rotatable bonds is 4. The highest BCUT2D eigenvalue weighted by atomic mass is 16.2. The van der Waals surface area contributed by atoms with Crippen molar-refractivity contribution in [3.05, 3.63) is 35.4 Å². The standard InChI is InChI=1S/C19H28N2O/c1-21(17-11-15-7-3-4-8-16(15)12-17)18(22)13-19(14-20)9-5-2-6-10-19/h3-4,7-8,17H,2,5-6,9-14,20H2,1H3. The van der Waals surface area contributed by atoms with E-state index >= 15 is 0 Å². The van der Waals surface area contributed by atoms with Gasteiger partial charge in [0.15, 0.2) is 0 Å². The molecule has 0 atom stereocenters. The molecule has 3 nitrogen and oxygen atoms in total. The molecule has 3 heteroatoms. The number of amides is 1. The van der Waals surface area contributed by atoms with E-state index in [0.29, 0.717) is 19.0 Å². The van der Waals surface area contributed by atoms with E-state index in [4.69, 9.17) is 5.73 Å². The molecule has 1 aromatic carbocycles. The molecule has 2 aliphatic rings. The summed E-state index contributed by atoms with van der Waals surface area (Å²) >= 11 is 0. The van der Waals surface area contributed by atoms with Gasteiger partial charge in [-0.2, -0.15) is 0 Å². The molecular weight excluding hydrogens is 272 g/mol. The van der Waals surface area contributed by atoms with Gasteiger partial charge >= 0.3 is 0 Å². The minimum absolute atomic E-state index is 0.0645. The third-order valence-electron chi connectivity index (χ3n) is 5.84. The predicted molar refractivity (Wildman–Crippen MR) is 89.6 cm³/mol. The Morgan fingerprint density at radius 3 is 2.32 bits per heavy atom. The van der Waals surface area contributed by atoms with E-state index < -0.39 is 0 Å². The van der Waals surface area contributed by atoms with Crippen molar-refractivity contribution in [2.45, 2.75) is 57.4 Å². The molecule has 1 aromatic rings. The van der Waals surface area contributed by atoms with Gasteiger partial charge in [0, 0.05) is 19.5 Å². The van der Waals surface area contributed by atoms with E-state index in [1.807, 2.05) is 11.9 Å². The van der Waals surface area contributed by atoms with Crippen LogP contribution in [0.3, 0.4) is 0 Å². The second-order valence-corrected chi connectivity index (χ2v) is 7.28. The van der Waals surface area contributed by atoms with Gasteiger partial charge in [0.1, 0.15) is 0 Å². The van der Waals surface area contributed by atoms with Crippen LogP contribution >= 0.6 is 0 Å². The fourth-order valence-corrected chi connectivity index (χ4v) is 4.21. The highest BCUT2D eigenvalue weighted by molar-refractivity contribution is 5.77. The van der Waals surface area contributed by atoms with Crippen LogP contribution in [-0.4, -0.2) is 30.4 Å². The monoisotopic (exact) mass is 300 g/mol. The summed E-state index contributed by atoms with van der Waals surface area (Å²) in [5, 5.41) is 0. The largest absolute Gasteiger partial charge is 0.342 e. The number of benzene rings is 1. The van der Waals surface area contributed by atoms with E-state index in [2.05, 4.69) is 24.3 Å². The number of nitrogens with zero attached hydrogens (tertiary/aromatic N) is 1. The first-order valence-electron chi connectivity index (χ1n) is 8.66. The molecule has 22 heavy (non-hydrogen) atoms. The zero-order chi connectivity index (χ0) is 15.6. The van der Waals surface area contributed by atoms with E-state index in [0.717, 1.165) is 25.7 Å². The minimum Gasteiger partial charge on any atom is -0.342 e. The Labute approximate surface area is 133 Å². The summed E-state index contributed by atoms with van der Waals surface area (Å²) < 4.78 is 0. The van der Waals surface area contributed by atoms with Crippen LogP contribution in [0.4, 0.5) is 0 Å². The summed E-state index contributed by atoms with van der Waals surface area (Å²) in [4.78, 5) is 14.8. The van der Waals surface area contributed by atoms with Crippen LogP contribution < -0.4 is 5.73 Å². The third kappa shape index (κ3) is 3.05. The lowest BCUT2D eigenvalue weighted by Crippen LogP contribution is -2.43. The summed E-state index contributed by atoms with van der Waals surface area (Å²) in [6, 6.07) is 8.89. The summed E-state index contributed by atoms with van der Waals surface area (Å²) in [6.07, 6.45) is 8.60. The van der Waals surface area contributed by atoms with Gasteiger partial charge in [-0.3, -0.25) is 4.79 Å². The molecule has 0 saturated heterocycles. The topological polar surface area (TPSA) is 46.3 Å². The number of hydrogen-bond acceptors (Lipinski definition) is 2. The molecule has 1 amide bonds. The van der Waals surface area contributed by atoms with Crippen LogP contribution in [0.15, 0.2) is 24.3 Å². The molecular formula is C19H28N2O. The number of carbonyl (C=O) groups is 1. The predicted octanol–water partition coefficient (Wildman–Crippen LogP) is 2.91. The zero-order valence-corrected chi connectivity index (χ0v) is 13.7. The van der Waals surface area contributed by atoms with Gasteiger partial charge in [-0.15, -0.1) is 0 Å². The number of likely N-dealkylation sites (N-methyl/N-ethyl adjacent to an activating group) is 1. The molecule has 3 rings (SSSR count). The minimum atomic E-state index is 0.0645. The fraction of sp³-hybridized carbons (Fsp3) is 0.632. The van der Waals surface area contributed by atoms with Gasteiger partial charge in [0.25, 0.3) is 0 Å². The zero-order valence-electron chi connectivity index (χ0n) is 13.7. The lowest BCUT2D eigenvalue weighted by molar-refractivity contribution is -0.134. The maximum atomic E-state index is 12.8. The van der Waals surface area contributed by atoms with Crippen molar-refractivity contribution in [1.82, 2.24) is 4.90 Å². The van der Waals surface area contributed by atoms with Crippen molar-refractivity contribution in [1.29, 1.82) is 0 Å². The summed E-state index contributed by atoms with van der Waals surface area (Å²) in [6.45, 7) is 0.650. The van der Waals surface area contributed by atoms with Crippen molar-refractivity contribution in [3.8, 4) is 0 Å². The first-order chi connectivity index (χ1) is 10.6. The molecule has 1 fully saturated rings. The number of carbonyl (C=O) groups excluding carboxylic acids is 1. The molecule has 0 radical (unpaired) electrons. The third-order valence-corrected chi connectivity index (χ3v) is 5.84. The van der Waals surface area contributed by atoms with E-state index in [1.54, 1.807) is 0 Å². The van der Waals surface area contributed by atoms with Crippen molar-refractivity contribution in [2.75, 3.05) is 13.6 Å². The Bertz CT molecular complexity index is 509. The van der Waals surface area contributed by atoms with Crippen LogP contribution in [0, 0.1) is 5.41 Å². The Morgan fingerprint density at radius 1 is 1.18 bits per heavy atom. The summed E-state index contributed by atoms with van der Waals surface area (Å²) in [5.74, 6) is 0.283. The van der Waals surface area contributed by atoms with Crippen LogP contribution in [0.2, 0.25) is 0 Å². The number of nitrogens with two attached hydrogens (primary N) is 1. The van der Waals surface area contributed by atoms with Crippen molar-refractivity contribution >= 4 is 5.91 Å². The molecule has 2 N–H and O–H groups in total. The number of fused-ring (bicyclic) bond motifs is 1. The first-order valence-corrected chi connectivity index (χ1v) is 8.66. The second-order valence-electron chi connectivity index (χ2n) is 7.28. The lowest BCUT2D eigenvalue weighted by atomic mass is 9.71. The van der Waals surface area contributed by atoms with Crippen LogP contribution in [0.25, 0.3) is 0 Å². The number of hydrogen-bond donors (Lipinski definition) is 1. The fourth-order valence-electron chi connectivity index (χ4n) is 4.21. The smallest absolute Gasteiger partial charge is 0.223 e. The average Bonchev–Trinajstić information content (AvgIpc) is 2.99. The van der Waals surface area contributed by atoms with Crippen LogP contribution in [0.5, 0.6) is 0 Å². The maximum Gasteiger partial charge on any atom is 0.223 e. The quantitative estimate of drug-likeness (QED) is 0.929. The molecule has 0 bridgehead atoms. The highest BCUT2D eigenvalue weighted by Crippen LogP contribution is 2.39. The van der Waals surface area contributed by atoms with Crippen LogP contribution in [-0.2, 0) is 17.6 Å². The normalized spacial score (nSPS) is 20.6. The van der Waals surface area contributed by atoms with Crippen molar-refractivity contribution in [3.63, 3.8) is 0 Å². The summed E-state index contributed by atoms with van der Waals surface area (Å²) in [5.41, 5.74) is 8.91. The Morgan fingerprint density at radius 2 is 1.77 bits per heavy atom. The molecule has 0 aromatic heterocycles. The van der Waals surface area contributed by atoms with Gasteiger partial charge < -0.3 is 10.6 Å². The molecule has 0 unspecified atom stereocenters. The average molecular weight is 300 g/mol. The summed E-state index contributed by atoms with van der Waals surface area (Å²) in [7, 11) is 1.98. The molecule has 2 aliphatic carbocycles. The van der Waals surface area contributed by atoms with Gasteiger partial charge in [0.05, 0.1) is 0 Å². The second kappa shape index (κ2) is 6.41. The highest BCUT2D eigenvalue weighted by Gasteiger charge is 2.36. The van der Waals surface area contributed by atoms with Crippen molar-refractivity contribution < 1.29 is 4.79 Å². The van der Waals surface area contributed by atoms with Crippen molar-refractivity contribution in [2.24, 2.45) is 11.1 Å². The van der Waals surface area contributed by atoms with E-state index in [-0.39, 0.29) is 11.3 Å². The first kappa shape index (κ1) is 15.5. The van der Waals surface area contributed by atoms with Crippen LogP contribution in [0.1, 0.15) is 49.7 Å². The molecule has 0 spiro atoms. The maximum absolute atomic E-state index is 12.8. The Balaban J connectivity index is 1.63.